The summed E-state index contributed by atoms with van der Waals surface area (Å²) < 4.78 is 38.7. The van der Waals surface area contributed by atoms with E-state index < -0.39 is 58.3 Å². The molecule has 19 nitrogen and oxygen atoms in total. The van der Waals surface area contributed by atoms with Crippen molar-refractivity contribution in [3.8, 4) is 28.3 Å². The monoisotopic (exact) mass is 951 g/mol. The van der Waals surface area contributed by atoms with Gasteiger partial charge < -0.3 is 34.1 Å². The summed E-state index contributed by atoms with van der Waals surface area (Å²) in [4.78, 5) is 96.2. The number of alkyl halides is 2. The molecule has 8 heterocycles. The number of carbonyl (C=O) groups excluding carboxylic acids is 3. The van der Waals surface area contributed by atoms with E-state index >= 15 is 0 Å². The molecular formula is C46H44ClF2N11O8. The second-order valence-electron chi connectivity index (χ2n) is 17.3. The van der Waals surface area contributed by atoms with Gasteiger partial charge >= 0.3 is 5.97 Å². The third-order valence-electron chi connectivity index (χ3n) is 11.4. The van der Waals surface area contributed by atoms with E-state index in [0.29, 0.717) is 49.6 Å². The number of rotatable bonds is 11. The molecule has 7 aromatic rings. The minimum absolute atomic E-state index is 0.0551. The summed E-state index contributed by atoms with van der Waals surface area (Å²) in [6, 6.07) is 11.2. The summed E-state index contributed by atoms with van der Waals surface area (Å²) in [5, 5.41) is 13.5. The number of hydrogen-bond acceptors (Lipinski definition) is 11. The average Bonchev–Trinajstić information content (AvgIpc) is 3.93. The third-order valence-corrected chi connectivity index (χ3v) is 11.7. The van der Waals surface area contributed by atoms with Crippen molar-refractivity contribution in [2.75, 3.05) is 33.3 Å². The smallest absolute Gasteiger partial charge is 0.341 e. The molecule has 6 aromatic heterocycles. The molecule has 0 radical (unpaired) electrons. The number of carbonyl (C=O) groups is 4. The van der Waals surface area contributed by atoms with Gasteiger partial charge in [0.2, 0.25) is 11.8 Å². The summed E-state index contributed by atoms with van der Waals surface area (Å²) in [5.74, 6) is -2.47. The van der Waals surface area contributed by atoms with E-state index in [1.807, 2.05) is 20.3 Å². The van der Waals surface area contributed by atoms with Gasteiger partial charge in [-0.25, -0.2) is 33.5 Å². The van der Waals surface area contributed by atoms with E-state index in [4.69, 9.17) is 16.3 Å². The van der Waals surface area contributed by atoms with Gasteiger partial charge in [0.05, 0.1) is 62.4 Å². The Hall–Kier alpha value is -7.81. The van der Waals surface area contributed by atoms with Crippen molar-refractivity contribution in [2.45, 2.75) is 44.8 Å². The predicted molar refractivity (Wildman–Crippen MR) is 245 cm³/mol. The third kappa shape index (κ3) is 9.68. The Morgan fingerprint density at radius 1 is 0.735 bits per heavy atom. The average molecular weight is 952 g/mol. The standard InChI is InChI=1S/C27H26ClFN6O4.C19H18FN5O4/c1-27(29)13-34(14-27)23(36)12-35-24-17(7-18(10-30-24)21-11-33(2)15-32-21)8-19(26(35)38)25(37)31-9-16-4-5-20(28)22(6-16)39-3;1-19(20)8-24(9-19)15(26)7-25-16-11(4-13(17(25)27)18(28)29)3-12(5-21-16)14-6-23(2)10-22-14/h4-8,10-11,15H,9,12-14H2,1-3H3,(H,31,37);3-6,10H,7-9H2,1-2H3,(H,28,29). The predicted octanol–water partition coefficient (Wildman–Crippen LogP) is 4.03. The van der Waals surface area contributed by atoms with Gasteiger partial charge in [0.25, 0.3) is 17.0 Å². The van der Waals surface area contributed by atoms with Crippen molar-refractivity contribution in [3.63, 3.8) is 0 Å². The second-order valence-corrected chi connectivity index (χ2v) is 17.7. The van der Waals surface area contributed by atoms with Crippen LogP contribution < -0.4 is 21.2 Å². The number of likely N-dealkylation sites (tertiary alicyclic amines) is 2. The van der Waals surface area contributed by atoms with Gasteiger partial charge in [-0.15, -0.1) is 0 Å². The minimum atomic E-state index is -1.45. The lowest BCUT2D eigenvalue weighted by Gasteiger charge is -2.42. The number of imidazole rings is 2. The number of amides is 3. The number of halogens is 3. The summed E-state index contributed by atoms with van der Waals surface area (Å²) in [6.07, 6.45) is 9.92. The van der Waals surface area contributed by atoms with E-state index in [2.05, 4.69) is 25.3 Å². The highest BCUT2D eigenvalue weighted by Gasteiger charge is 2.42. The maximum absolute atomic E-state index is 14.0. The molecule has 0 aliphatic carbocycles. The summed E-state index contributed by atoms with van der Waals surface area (Å²) in [7, 11) is 5.14. The Morgan fingerprint density at radius 3 is 1.63 bits per heavy atom. The zero-order chi connectivity index (χ0) is 48.8. The number of carboxylic acid groups (broad SMARTS) is 1. The lowest BCUT2D eigenvalue weighted by Crippen LogP contribution is -2.60. The van der Waals surface area contributed by atoms with Crippen LogP contribution in [0.25, 0.3) is 44.6 Å². The summed E-state index contributed by atoms with van der Waals surface area (Å²) in [5.41, 5.74) is -1.30. The normalized spacial score (nSPS) is 14.7. The molecule has 9 rings (SSSR count). The first kappa shape index (κ1) is 46.7. The van der Waals surface area contributed by atoms with Crippen molar-refractivity contribution < 1.29 is 37.8 Å². The van der Waals surface area contributed by atoms with Gasteiger partial charge in [-0.2, -0.15) is 0 Å². The van der Waals surface area contributed by atoms with E-state index in [1.165, 1.54) is 49.1 Å². The van der Waals surface area contributed by atoms with Crippen LogP contribution >= 0.6 is 11.6 Å². The quantitative estimate of drug-likeness (QED) is 0.188. The zero-order valence-corrected chi connectivity index (χ0v) is 38.1. The maximum atomic E-state index is 14.0. The number of fused-ring (bicyclic) bond motifs is 2. The molecule has 2 N–H and O–H groups in total. The first-order chi connectivity index (χ1) is 32.2. The molecule has 0 unspecified atom stereocenters. The Bertz CT molecular complexity index is 3290. The number of nitrogens with one attached hydrogen (secondary N) is 1. The van der Waals surface area contributed by atoms with Crippen LogP contribution in [0, 0.1) is 0 Å². The van der Waals surface area contributed by atoms with Crippen LogP contribution in [0.5, 0.6) is 5.75 Å². The number of benzene rings is 1. The molecule has 68 heavy (non-hydrogen) atoms. The zero-order valence-electron chi connectivity index (χ0n) is 37.4. The van der Waals surface area contributed by atoms with Gasteiger partial charge in [-0.3, -0.25) is 33.1 Å². The van der Waals surface area contributed by atoms with Crippen LogP contribution in [0.1, 0.15) is 40.1 Å². The number of hydrogen-bond donors (Lipinski definition) is 2. The number of aryl methyl sites for hydroxylation is 2. The molecular weight excluding hydrogens is 908 g/mol. The fourth-order valence-electron chi connectivity index (χ4n) is 7.96. The first-order valence-electron chi connectivity index (χ1n) is 21.0. The molecule has 2 aliphatic rings. The Morgan fingerprint density at radius 2 is 1.21 bits per heavy atom. The van der Waals surface area contributed by atoms with Gasteiger partial charge in [0, 0.05) is 67.3 Å². The number of carboxylic acids is 1. The molecule has 2 saturated heterocycles. The largest absolute Gasteiger partial charge is 0.495 e. The Balaban J connectivity index is 0.000000192. The highest BCUT2D eigenvalue weighted by atomic mass is 35.5. The number of pyridine rings is 4. The maximum Gasteiger partial charge on any atom is 0.341 e. The van der Waals surface area contributed by atoms with Gasteiger partial charge in [0.1, 0.15) is 52.6 Å². The highest BCUT2D eigenvalue weighted by Crippen LogP contribution is 2.28. The summed E-state index contributed by atoms with van der Waals surface area (Å²) >= 11 is 6.08. The van der Waals surface area contributed by atoms with E-state index in [9.17, 15) is 42.7 Å². The van der Waals surface area contributed by atoms with Crippen molar-refractivity contribution in [1.82, 2.24) is 53.3 Å². The first-order valence-corrected chi connectivity index (χ1v) is 21.4. The van der Waals surface area contributed by atoms with Crippen molar-refractivity contribution in [3.05, 3.63) is 122 Å². The number of aromatic nitrogens is 8. The van der Waals surface area contributed by atoms with Gasteiger partial charge in [-0.05, 0) is 55.8 Å². The van der Waals surface area contributed by atoms with Crippen molar-refractivity contribution in [2.24, 2.45) is 14.1 Å². The van der Waals surface area contributed by atoms with Gasteiger partial charge in [-0.1, -0.05) is 17.7 Å². The second kappa shape index (κ2) is 18.1. The van der Waals surface area contributed by atoms with Crippen LogP contribution in [0.15, 0.2) is 89.5 Å². The van der Waals surface area contributed by atoms with Crippen molar-refractivity contribution >= 4 is 57.4 Å². The SMILES string of the molecule is COc1cc(CNC(=O)c2cc3cc(-c4cn(C)cn4)cnc3n(CC(=O)N3CC(C)(F)C3)c2=O)ccc1Cl.Cn1cnc(-c2cnc3c(c2)cc(C(=O)O)c(=O)n3CC(=O)N2CC(C)(F)C2)c1. The Kier molecular flexibility index (Phi) is 12.4. The molecule has 0 bridgehead atoms. The topological polar surface area (TPSA) is 222 Å². The fourth-order valence-corrected chi connectivity index (χ4v) is 8.15. The van der Waals surface area contributed by atoms with Crippen LogP contribution in [-0.2, 0) is 43.3 Å². The number of ether oxygens (including phenoxy) is 1. The molecule has 1 aromatic carbocycles. The molecule has 352 valence electrons. The molecule has 22 heteroatoms. The van der Waals surface area contributed by atoms with E-state index in [-0.39, 0.29) is 56.1 Å². The van der Waals surface area contributed by atoms with Gasteiger partial charge in [0.15, 0.2) is 0 Å². The molecule has 0 atom stereocenters. The molecule has 0 spiro atoms. The lowest BCUT2D eigenvalue weighted by molar-refractivity contribution is -0.145. The minimum Gasteiger partial charge on any atom is -0.495 e. The van der Waals surface area contributed by atoms with Crippen molar-refractivity contribution in [1.29, 1.82) is 0 Å². The van der Waals surface area contributed by atoms with Crippen LogP contribution in [0.3, 0.4) is 0 Å². The van der Waals surface area contributed by atoms with Crippen LogP contribution in [-0.4, -0.2) is 121 Å². The van der Waals surface area contributed by atoms with Crippen LogP contribution in [0.4, 0.5) is 8.78 Å². The molecule has 0 saturated carbocycles. The fraction of sp³-hybridized carbons (Fsp3) is 0.304. The van der Waals surface area contributed by atoms with E-state index in [1.54, 1.807) is 64.5 Å². The Labute approximate surface area is 390 Å². The van der Waals surface area contributed by atoms with E-state index in [0.717, 1.165) is 9.13 Å². The number of methoxy groups -OCH3 is 1. The lowest BCUT2D eigenvalue weighted by atomic mass is 9.99. The summed E-state index contributed by atoms with van der Waals surface area (Å²) in [6.45, 7) is 1.89. The molecule has 2 fully saturated rings. The molecule has 3 amide bonds. The molecule has 2 aliphatic heterocycles. The highest BCUT2D eigenvalue weighted by molar-refractivity contribution is 6.32. The van der Waals surface area contributed by atoms with Crippen LogP contribution in [0.2, 0.25) is 5.02 Å². The number of nitrogens with zero attached hydrogens (tertiary/aromatic N) is 10. The number of aromatic carboxylic acids is 1.